The molecule has 1 amide bonds. The zero-order chi connectivity index (χ0) is 14.8. The summed E-state index contributed by atoms with van der Waals surface area (Å²) in [5, 5.41) is 20.1. The minimum atomic E-state index is -5.06. The molecule has 0 bridgehead atoms. The number of rotatable bonds is 3. The van der Waals surface area contributed by atoms with Crippen LogP contribution in [0.15, 0.2) is 12.1 Å². The topological polar surface area (TPSA) is 102 Å². The van der Waals surface area contributed by atoms with Crippen LogP contribution in [0.5, 0.6) is 5.75 Å². The summed E-state index contributed by atoms with van der Waals surface area (Å²) >= 11 is 5.47. The molecule has 7 nitrogen and oxygen atoms in total. The molecule has 1 rings (SSSR count). The number of carbonyl (C=O) groups is 1. The number of ether oxygens (including phenoxy) is 1. The minimum Gasteiger partial charge on any atom is -0.465 e. The van der Waals surface area contributed by atoms with Gasteiger partial charge in [-0.05, 0) is 0 Å². The lowest BCUT2D eigenvalue weighted by atomic mass is 10.2. The molecule has 0 saturated carbocycles. The van der Waals surface area contributed by atoms with E-state index in [1.54, 1.807) is 5.32 Å². The quantitative estimate of drug-likeness (QED) is 0.659. The summed E-state index contributed by atoms with van der Waals surface area (Å²) in [6, 6.07) is 1.01. The molecule has 19 heavy (non-hydrogen) atoms. The van der Waals surface area contributed by atoms with Gasteiger partial charge in [0, 0.05) is 6.07 Å². The van der Waals surface area contributed by atoms with Gasteiger partial charge in [-0.3, -0.25) is 15.4 Å². The van der Waals surface area contributed by atoms with Crippen molar-refractivity contribution in [1.82, 2.24) is 0 Å². The van der Waals surface area contributed by atoms with Crippen molar-refractivity contribution in [2.75, 3.05) is 5.32 Å². The Labute approximate surface area is 107 Å². The Morgan fingerprint density at radius 1 is 1.47 bits per heavy atom. The zero-order valence-corrected chi connectivity index (χ0v) is 9.45. The van der Waals surface area contributed by atoms with E-state index in [1.165, 1.54) is 0 Å². The third-order valence-corrected chi connectivity index (χ3v) is 2.00. The van der Waals surface area contributed by atoms with Crippen LogP contribution in [0.1, 0.15) is 0 Å². The SMILES string of the molecule is O=C(O)Nc1c(Cl)cc(OC(F)(F)F)cc1[N+](=O)[O-]. The molecule has 0 aliphatic carbocycles. The molecule has 2 N–H and O–H groups in total. The van der Waals surface area contributed by atoms with Crippen molar-refractivity contribution in [3.63, 3.8) is 0 Å². The summed E-state index contributed by atoms with van der Waals surface area (Å²) in [6.07, 6.45) is -6.71. The number of hydrogen-bond donors (Lipinski definition) is 2. The van der Waals surface area contributed by atoms with Crippen molar-refractivity contribution in [1.29, 1.82) is 0 Å². The first kappa shape index (κ1) is 14.8. The van der Waals surface area contributed by atoms with E-state index in [2.05, 4.69) is 4.74 Å². The predicted octanol–water partition coefficient (Wildman–Crippen LogP) is 3.24. The van der Waals surface area contributed by atoms with Crippen LogP contribution in [0.3, 0.4) is 0 Å². The summed E-state index contributed by atoms with van der Waals surface area (Å²) in [7, 11) is 0. The van der Waals surface area contributed by atoms with E-state index in [9.17, 15) is 28.1 Å². The first-order chi connectivity index (χ1) is 8.60. The lowest BCUT2D eigenvalue weighted by molar-refractivity contribution is -0.384. The molecule has 1 aromatic carbocycles. The van der Waals surface area contributed by atoms with Gasteiger partial charge in [0.05, 0.1) is 16.0 Å². The minimum absolute atomic E-state index is 0.407. The molecule has 0 spiro atoms. The zero-order valence-electron chi connectivity index (χ0n) is 8.69. The molecule has 0 unspecified atom stereocenters. The highest BCUT2D eigenvalue weighted by Gasteiger charge is 2.33. The van der Waals surface area contributed by atoms with Crippen molar-refractivity contribution in [3.8, 4) is 5.75 Å². The van der Waals surface area contributed by atoms with E-state index in [0.717, 1.165) is 0 Å². The van der Waals surface area contributed by atoms with Crippen LogP contribution in [0.25, 0.3) is 0 Å². The Bertz CT molecular complexity index is 534. The van der Waals surface area contributed by atoms with E-state index < -0.39 is 39.5 Å². The van der Waals surface area contributed by atoms with Crippen LogP contribution in [0, 0.1) is 10.1 Å². The van der Waals surface area contributed by atoms with E-state index in [4.69, 9.17) is 16.7 Å². The number of nitro benzene ring substituents is 1. The number of nitrogens with one attached hydrogen (secondary N) is 1. The standard InChI is InChI=1S/C8H4ClF3N2O5/c9-4-1-3(19-8(10,11)12)2-5(14(17)18)6(4)13-7(15)16/h1-2,13H,(H,15,16). The summed E-state index contributed by atoms with van der Waals surface area (Å²) in [6.45, 7) is 0. The van der Waals surface area contributed by atoms with Crippen molar-refractivity contribution >= 4 is 29.1 Å². The number of benzene rings is 1. The summed E-state index contributed by atoms with van der Waals surface area (Å²) in [5.74, 6) is -0.930. The summed E-state index contributed by atoms with van der Waals surface area (Å²) in [4.78, 5) is 20.0. The van der Waals surface area contributed by atoms with E-state index in [0.29, 0.717) is 12.1 Å². The van der Waals surface area contributed by atoms with E-state index in [1.807, 2.05) is 0 Å². The number of alkyl halides is 3. The van der Waals surface area contributed by atoms with Gasteiger partial charge in [-0.15, -0.1) is 13.2 Å². The van der Waals surface area contributed by atoms with Gasteiger partial charge in [0.15, 0.2) is 0 Å². The largest absolute Gasteiger partial charge is 0.573 e. The van der Waals surface area contributed by atoms with Crippen LogP contribution in [-0.2, 0) is 0 Å². The summed E-state index contributed by atoms with van der Waals surface area (Å²) < 4.78 is 39.4. The van der Waals surface area contributed by atoms with E-state index >= 15 is 0 Å². The maximum Gasteiger partial charge on any atom is 0.573 e. The lowest BCUT2D eigenvalue weighted by Crippen LogP contribution is -2.17. The molecule has 0 fully saturated rings. The molecule has 0 atom stereocenters. The normalized spacial score (nSPS) is 10.9. The Morgan fingerprint density at radius 2 is 2.05 bits per heavy atom. The fourth-order valence-electron chi connectivity index (χ4n) is 1.14. The maximum atomic E-state index is 12.0. The molecule has 0 heterocycles. The Morgan fingerprint density at radius 3 is 2.47 bits per heavy atom. The average Bonchev–Trinajstić information content (AvgIpc) is 2.18. The Kier molecular flexibility index (Phi) is 4.04. The second-order valence-corrected chi connectivity index (χ2v) is 3.44. The van der Waals surface area contributed by atoms with Crippen molar-refractivity contribution < 1.29 is 32.7 Å². The molecule has 1 aromatic rings. The molecular formula is C8H4ClF3N2O5. The third kappa shape index (κ3) is 4.17. The van der Waals surface area contributed by atoms with Gasteiger partial charge in [-0.2, -0.15) is 0 Å². The summed E-state index contributed by atoms with van der Waals surface area (Å²) in [5.41, 5.74) is -1.61. The van der Waals surface area contributed by atoms with Crippen molar-refractivity contribution in [2.24, 2.45) is 0 Å². The third-order valence-electron chi connectivity index (χ3n) is 1.71. The first-order valence-electron chi connectivity index (χ1n) is 4.34. The monoisotopic (exact) mass is 300 g/mol. The van der Waals surface area contributed by atoms with Crippen molar-refractivity contribution in [2.45, 2.75) is 6.36 Å². The highest BCUT2D eigenvalue weighted by molar-refractivity contribution is 6.34. The molecule has 0 saturated heterocycles. The number of hydrogen-bond acceptors (Lipinski definition) is 4. The van der Waals surface area contributed by atoms with Gasteiger partial charge in [0.25, 0.3) is 5.69 Å². The number of nitro groups is 1. The second-order valence-electron chi connectivity index (χ2n) is 3.03. The van der Waals surface area contributed by atoms with Crippen LogP contribution >= 0.6 is 11.6 Å². The first-order valence-corrected chi connectivity index (χ1v) is 4.71. The molecule has 0 aliphatic heterocycles. The van der Waals surface area contributed by atoms with Gasteiger partial charge in [0.2, 0.25) is 0 Å². The lowest BCUT2D eigenvalue weighted by Gasteiger charge is -2.11. The maximum absolute atomic E-state index is 12.0. The van der Waals surface area contributed by atoms with Crippen LogP contribution in [0.2, 0.25) is 5.02 Å². The fourth-order valence-corrected chi connectivity index (χ4v) is 1.39. The van der Waals surface area contributed by atoms with Crippen LogP contribution in [-0.4, -0.2) is 22.5 Å². The van der Waals surface area contributed by atoms with Gasteiger partial charge >= 0.3 is 12.5 Å². The molecular weight excluding hydrogens is 297 g/mol. The number of amides is 1. The number of halogens is 4. The average molecular weight is 301 g/mol. The smallest absolute Gasteiger partial charge is 0.465 e. The Balaban J connectivity index is 3.29. The molecule has 0 aromatic heterocycles. The molecule has 104 valence electrons. The molecule has 0 aliphatic rings. The van der Waals surface area contributed by atoms with Crippen LogP contribution in [0.4, 0.5) is 29.3 Å². The van der Waals surface area contributed by atoms with Gasteiger partial charge in [0.1, 0.15) is 11.4 Å². The highest BCUT2D eigenvalue weighted by Crippen LogP contribution is 2.38. The molecule has 11 heteroatoms. The number of carboxylic acid groups (broad SMARTS) is 1. The van der Waals surface area contributed by atoms with Gasteiger partial charge in [-0.25, -0.2) is 4.79 Å². The Hall–Kier alpha value is -2.23. The van der Waals surface area contributed by atoms with E-state index in [-0.39, 0.29) is 0 Å². The highest BCUT2D eigenvalue weighted by atomic mass is 35.5. The number of nitrogens with zero attached hydrogens (tertiary/aromatic N) is 1. The number of anilines is 1. The van der Waals surface area contributed by atoms with Crippen molar-refractivity contribution in [3.05, 3.63) is 27.3 Å². The van der Waals surface area contributed by atoms with Gasteiger partial charge in [-0.1, -0.05) is 11.6 Å². The van der Waals surface area contributed by atoms with Crippen LogP contribution < -0.4 is 10.1 Å². The second kappa shape index (κ2) is 5.18. The molecule has 0 radical (unpaired) electrons. The van der Waals surface area contributed by atoms with Gasteiger partial charge < -0.3 is 9.84 Å². The fraction of sp³-hybridized carbons (Fsp3) is 0.125. The predicted molar refractivity (Wildman–Crippen MR) is 56.4 cm³/mol.